The van der Waals surface area contributed by atoms with Gasteiger partial charge >= 0.3 is 0 Å². The zero-order valence-corrected chi connectivity index (χ0v) is 10.3. The maximum Gasteiger partial charge on any atom is 0.119 e. The van der Waals surface area contributed by atoms with Gasteiger partial charge in [0.2, 0.25) is 0 Å². The Morgan fingerprint density at radius 3 is 2.50 bits per heavy atom. The highest BCUT2D eigenvalue weighted by atomic mass is 32.1. The van der Waals surface area contributed by atoms with Crippen LogP contribution in [0.15, 0.2) is 24.3 Å². The van der Waals surface area contributed by atoms with E-state index in [1.165, 1.54) is 0 Å². The Morgan fingerprint density at radius 2 is 1.94 bits per heavy atom. The van der Waals surface area contributed by atoms with Crippen LogP contribution in [0.4, 0.5) is 0 Å². The van der Waals surface area contributed by atoms with E-state index in [1.807, 2.05) is 31.2 Å². The average molecular weight is 239 g/mol. The molecule has 1 aromatic rings. The smallest absolute Gasteiger partial charge is 0.119 e. The first-order valence-electron chi connectivity index (χ1n) is 5.30. The predicted molar refractivity (Wildman–Crippen MR) is 68.9 cm³/mol. The normalized spacial score (nSPS) is 10.1. The van der Waals surface area contributed by atoms with Gasteiger partial charge in [0.15, 0.2) is 0 Å². The molecule has 0 fully saturated rings. The molecule has 0 radical (unpaired) electrons. The number of ether oxygens (including phenoxy) is 2. The third kappa shape index (κ3) is 5.09. The van der Waals surface area contributed by atoms with Gasteiger partial charge in [-0.15, -0.1) is 0 Å². The molecule has 0 aliphatic rings. The number of thiocarbonyl (C=S) groups is 1. The van der Waals surface area contributed by atoms with E-state index >= 15 is 0 Å². The third-order valence-electron chi connectivity index (χ3n) is 2.00. The van der Waals surface area contributed by atoms with Crippen molar-refractivity contribution in [2.45, 2.75) is 13.3 Å². The second-order valence-corrected chi connectivity index (χ2v) is 3.86. The molecule has 2 N–H and O–H groups in total. The first kappa shape index (κ1) is 12.9. The van der Waals surface area contributed by atoms with Crippen molar-refractivity contribution in [1.82, 2.24) is 0 Å². The summed E-state index contributed by atoms with van der Waals surface area (Å²) in [6, 6.07) is 7.77. The monoisotopic (exact) mass is 239 g/mol. The van der Waals surface area contributed by atoms with Gasteiger partial charge < -0.3 is 15.2 Å². The summed E-state index contributed by atoms with van der Waals surface area (Å²) in [5.41, 5.74) is 6.56. The summed E-state index contributed by atoms with van der Waals surface area (Å²) in [5, 5.41) is 0. The van der Waals surface area contributed by atoms with Crippen LogP contribution in [0.5, 0.6) is 5.75 Å². The van der Waals surface area contributed by atoms with E-state index in [4.69, 9.17) is 27.4 Å². The van der Waals surface area contributed by atoms with Crippen LogP contribution in [0, 0.1) is 0 Å². The van der Waals surface area contributed by atoms with Crippen molar-refractivity contribution in [1.29, 1.82) is 0 Å². The number of benzene rings is 1. The Labute approximate surface area is 102 Å². The van der Waals surface area contributed by atoms with Crippen molar-refractivity contribution in [3.8, 4) is 5.75 Å². The van der Waals surface area contributed by atoms with E-state index in [0.29, 0.717) is 24.6 Å². The van der Waals surface area contributed by atoms with Gasteiger partial charge in [-0.2, -0.15) is 0 Å². The van der Waals surface area contributed by atoms with E-state index in [2.05, 4.69) is 0 Å². The third-order valence-corrected chi connectivity index (χ3v) is 2.15. The van der Waals surface area contributed by atoms with Crippen molar-refractivity contribution in [2.75, 3.05) is 19.8 Å². The van der Waals surface area contributed by atoms with Gasteiger partial charge in [0.25, 0.3) is 0 Å². The predicted octanol–water partition coefficient (Wildman–Crippen LogP) is 1.93. The Balaban J connectivity index is 2.36. The highest BCUT2D eigenvalue weighted by Crippen LogP contribution is 2.12. The van der Waals surface area contributed by atoms with Crippen LogP contribution in [0.2, 0.25) is 0 Å². The molecule has 0 bridgehead atoms. The lowest BCUT2D eigenvalue weighted by molar-refractivity contribution is 0.110. The second kappa shape index (κ2) is 7.19. The molecular formula is C12H17NO2S. The fourth-order valence-corrected chi connectivity index (χ4v) is 1.43. The Morgan fingerprint density at radius 1 is 1.25 bits per heavy atom. The topological polar surface area (TPSA) is 44.5 Å². The summed E-state index contributed by atoms with van der Waals surface area (Å²) in [6.07, 6.45) is 0.633. The van der Waals surface area contributed by atoms with Gasteiger partial charge in [0, 0.05) is 13.0 Å². The molecule has 0 spiro atoms. The largest absolute Gasteiger partial charge is 0.491 e. The maximum absolute atomic E-state index is 5.48. The molecule has 1 aromatic carbocycles. The fraction of sp³-hybridized carbons (Fsp3) is 0.417. The lowest BCUT2D eigenvalue weighted by Crippen LogP contribution is -2.11. The van der Waals surface area contributed by atoms with Crippen molar-refractivity contribution >= 4 is 17.2 Å². The highest BCUT2D eigenvalue weighted by molar-refractivity contribution is 7.80. The van der Waals surface area contributed by atoms with Gasteiger partial charge in [0.1, 0.15) is 12.4 Å². The molecule has 0 heterocycles. The molecule has 0 atom stereocenters. The van der Waals surface area contributed by atoms with E-state index in [1.54, 1.807) is 0 Å². The van der Waals surface area contributed by atoms with Crippen LogP contribution >= 0.6 is 12.2 Å². The van der Waals surface area contributed by atoms with Crippen LogP contribution < -0.4 is 10.5 Å². The summed E-state index contributed by atoms with van der Waals surface area (Å²) in [6.45, 7) is 3.87. The molecular weight excluding hydrogens is 222 g/mol. The molecule has 0 saturated heterocycles. The zero-order valence-electron chi connectivity index (χ0n) is 9.44. The van der Waals surface area contributed by atoms with Crippen LogP contribution in [-0.2, 0) is 11.2 Å². The summed E-state index contributed by atoms with van der Waals surface area (Å²) < 4.78 is 10.7. The lowest BCUT2D eigenvalue weighted by atomic mass is 10.1. The number of nitrogens with two attached hydrogens (primary N) is 1. The second-order valence-electron chi connectivity index (χ2n) is 3.33. The van der Waals surface area contributed by atoms with E-state index in [0.717, 1.165) is 17.9 Å². The maximum atomic E-state index is 5.48. The van der Waals surface area contributed by atoms with E-state index in [9.17, 15) is 0 Å². The average Bonchev–Trinajstić information content (AvgIpc) is 2.26. The molecule has 4 heteroatoms. The lowest BCUT2D eigenvalue weighted by Gasteiger charge is -2.06. The van der Waals surface area contributed by atoms with Gasteiger partial charge in [0.05, 0.1) is 11.6 Å². The van der Waals surface area contributed by atoms with Gasteiger partial charge in [-0.05, 0) is 24.6 Å². The van der Waals surface area contributed by atoms with Crippen LogP contribution in [-0.4, -0.2) is 24.8 Å². The molecule has 0 unspecified atom stereocenters. The minimum atomic E-state index is 0.505. The van der Waals surface area contributed by atoms with Gasteiger partial charge in [-0.3, -0.25) is 0 Å². The molecule has 0 amide bonds. The summed E-state index contributed by atoms with van der Waals surface area (Å²) in [5.74, 6) is 0.839. The van der Waals surface area contributed by atoms with Crippen LogP contribution in [0.3, 0.4) is 0 Å². The molecule has 16 heavy (non-hydrogen) atoms. The van der Waals surface area contributed by atoms with Gasteiger partial charge in [-0.1, -0.05) is 24.4 Å². The SMILES string of the molecule is CCOCCOc1ccc(CC(N)=S)cc1. The van der Waals surface area contributed by atoms with Crippen LogP contribution in [0.25, 0.3) is 0 Å². The van der Waals surface area contributed by atoms with Crippen molar-refractivity contribution in [2.24, 2.45) is 5.73 Å². The number of hydrogen-bond acceptors (Lipinski definition) is 3. The first-order valence-corrected chi connectivity index (χ1v) is 5.71. The quantitative estimate of drug-likeness (QED) is 0.583. The number of hydrogen-bond donors (Lipinski definition) is 1. The molecule has 0 aromatic heterocycles. The van der Waals surface area contributed by atoms with Crippen LogP contribution in [0.1, 0.15) is 12.5 Å². The minimum Gasteiger partial charge on any atom is -0.491 e. The molecule has 0 aliphatic heterocycles. The van der Waals surface area contributed by atoms with Crippen molar-refractivity contribution in [3.05, 3.63) is 29.8 Å². The Hall–Kier alpha value is -1.13. The molecule has 0 aliphatic carbocycles. The Kier molecular flexibility index (Phi) is 5.82. The molecule has 88 valence electrons. The first-order chi connectivity index (χ1) is 7.72. The fourth-order valence-electron chi connectivity index (χ4n) is 1.27. The molecule has 3 nitrogen and oxygen atoms in total. The number of rotatable bonds is 7. The minimum absolute atomic E-state index is 0.505. The molecule has 1 rings (SSSR count). The Bertz CT molecular complexity index is 324. The summed E-state index contributed by atoms with van der Waals surface area (Å²) >= 11 is 4.84. The van der Waals surface area contributed by atoms with E-state index < -0.39 is 0 Å². The highest BCUT2D eigenvalue weighted by Gasteiger charge is 1.97. The summed E-state index contributed by atoms with van der Waals surface area (Å²) in [7, 11) is 0. The molecule has 0 saturated carbocycles. The van der Waals surface area contributed by atoms with Crippen molar-refractivity contribution < 1.29 is 9.47 Å². The summed E-state index contributed by atoms with van der Waals surface area (Å²) in [4.78, 5) is 0.505. The standard InChI is InChI=1S/C12H17NO2S/c1-2-14-7-8-15-11-5-3-10(4-6-11)9-12(13)16/h3-6H,2,7-9H2,1H3,(H2,13,16). The van der Waals surface area contributed by atoms with Gasteiger partial charge in [-0.25, -0.2) is 0 Å². The van der Waals surface area contributed by atoms with E-state index in [-0.39, 0.29) is 0 Å². The zero-order chi connectivity index (χ0) is 11.8. The van der Waals surface area contributed by atoms with Crippen molar-refractivity contribution in [3.63, 3.8) is 0 Å².